The second kappa shape index (κ2) is 4.75. The van der Waals surface area contributed by atoms with E-state index in [2.05, 4.69) is 0 Å². The summed E-state index contributed by atoms with van der Waals surface area (Å²) in [5.74, 6) is -3.83. The van der Waals surface area contributed by atoms with E-state index in [0.717, 1.165) is 0 Å². The first-order chi connectivity index (χ1) is 7.41. The van der Waals surface area contributed by atoms with Crippen LogP contribution in [0.5, 0.6) is 0 Å². The minimum atomic E-state index is -3.96. The smallest absolute Gasteiger partial charge is 0.395 e. The highest BCUT2D eigenvalue weighted by atomic mass is 32.2. The molecule has 1 rings (SSSR count). The summed E-state index contributed by atoms with van der Waals surface area (Å²) < 4.78 is 24.1. The fourth-order valence-electron chi connectivity index (χ4n) is 1.01. The quantitative estimate of drug-likeness (QED) is 0.711. The van der Waals surface area contributed by atoms with Crippen LogP contribution in [-0.2, 0) is 25.4 Å². The Labute approximate surface area is 92.0 Å². The first kappa shape index (κ1) is 12.2. The number of hydrogen-bond acceptors (Lipinski definition) is 4. The zero-order chi connectivity index (χ0) is 12.2. The van der Waals surface area contributed by atoms with E-state index in [9.17, 15) is 18.0 Å². The van der Waals surface area contributed by atoms with Gasteiger partial charge in [0.25, 0.3) is 0 Å². The molecule has 0 aromatic heterocycles. The van der Waals surface area contributed by atoms with Gasteiger partial charge in [-0.3, -0.25) is 4.79 Å². The van der Waals surface area contributed by atoms with Gasteiger partial charge in [0.15, 0.2) is 0 Å². The van der Waals surface area contributed by atoms with Crippen molar-refractivity contribution in [1.29, 1.82) is 0 Å². The van der Waals surface area contributed by atoms with E-state index in [1.54, 1.807) is 30.3 Å². The van der Waals surface area contributed by atoms with Gasteiger partial charge in [0, 0.05) is 0 Å². The number of carboxylic acid groups (broad SMARTS) is 1. The average molecular weight is 243 g/mol. The Morgan fingerprint density at radius 1 is 1.19 bits per heavy atom. The maximum atomic E-state index is 11.3. The minimum Gasteiger partial charge on any atom is -0.474 e. The van der Waals surface area contributed by atoms with E-state index in [-0.39, 0.29) is 0 Å². The van der Waals surface area contributed by atoms with E-state index in [0.29, 0.717) is 5.56 Å². The van der Waals surface area contributed by atoms with Crippen LogP contribution in [0, 0.1) is 0 Å². The molecule has 7 heteroatoms. The lowest BCUT2D eigenvalue weighted by molar-refractivity contribution is -0.149. The highest BCUT2D eigenvalue weighted by Gasteiger charge is 2.20. The van der Waals surface area contributed by atoms with E-state index < -0.39 is 27.7 Å². The molecule has 0 spiro atoms. The molecule has 0 heterocycles. The summed E-state index contributed by atoms with van der Waals surface area (Å²) in [6, 6.07) is 8.12. The topological polar surface area (TPSA) is 101 Å². The van der Waals surface area contributed by atoms with Crippen LogP contribution in [-0.4, -0.2) is 25.4 Å². The molecule has 0 aliphatic heterocycles. The standard InChI is InChI=1S/C9H9NO5S/c11-8(9(12)13)10-16(14,15)6-7-4-2-1-3-5-7/h1-5H,6H2,(H,10,11)(H,12,13). The number of amides is 1. The molecule has 0 aliphatic rings. The summed E-state index contributed by atoms with van der Waals surface area (Å²) in [6.45, 7) is 0. The second-order valence-corrected chi connectivity index (χ2v) is 4.70. The molecule has 6 nitrogen and oxygen atoms in total. The number of carbonyl (C=O) groups excluding carboxylic acids is 1. The highest BCUT2D eigenvalue weighted by Crippen LogP contribution is 2.03. The molecule has 2 N–H and O–H groups in total. The maximum absolute atomic E-state index is 11.3. The Balaban J connectivity index is 2.74. The first-order valence-corrected chi connectivity index (χ1v) is 5.87. The van der Waals surface area contributed by atoms with Gasteiger partial charge < -0.3 is 5.11 Å². The lowest BCUT2D eigenvalue weighted by Crippen LogP contribution is -2.36. The summed E-state index contributed by atoms with van der Waals surface area (Å²) >= 11 is 0. The van der Waals surface area contributed by atoms with E-state index in [4.69, 9.17) is 5.11 Å². The van der Waals surface area contributed by atoms with Gasteiger partial charge in [0.05, 0.1) is 5.75 Å². The third-order valence-corrected chi connectivity index (χ3v) is 2.85. The summed E-state index contributed by atoms with van der Waals surface area (Å²) in [7, 11) is -3.96. The zero-order valence-electron chi connectivity index (χ0n) is 8.08. The number of nitrogens with one attached hydrogen (secondary N) is 1. The van der Waals surface area contributed by atoms with Gasteiger partial charge >= 0.3 is 11.9 Å². The van der Waals surface area contributed by atoms with Crippen molar-refractivity contribution in [3.05, 3.63) is 35.9 Å². The van der Waals surface area contributed by atoms with Crippen LogP contribution in [0.3, 0.4) is 0 Å². The highest BCUT2D eigenvalue weighted by molar-refractivity contribution is 7.89. The summed E-state index contributed by atoms with van der Waals surface area (Å²) in [4.78, 5) is 20.8. The number of rotatable bonds is 3. The molecular weight excluding hydrogens is 234 g/mol. The molecular formula is C9H9NO5S. The number of benzene rings is 1. The SMILES string of the molecule is O=C(O)C(=O)NS(=O)(=O)Cc1ccccc1. The van der Waals surface area contributed by atoms with Crippen molar-refractivity contribution in [2.45, 2.75) is 5.75 Å². The molecule has 0 fully saturated rings. The van der Waals surface area contributed by atoms with Crippen molar-refractivity contribution in [2.75, 3.05) is 0 Å². The minimum absolute atomic E-state index is 0.438. The number of carboxylic acids is 1. The Morgan fingerprint density at radius 3 is 2.25 bits per heavy atom. The Morgan fingerprint density at radius 2 is 1.75 bits per heavy atom. The third-order valence-electron chi connectivity index (χ3n) is 1.64. The molecule has 0 bridgehead atoms. The molecule has 16 heavy (non-hydrogen) atoms. The van der Waals surface area contributed by atoms with Crippen molar-refractivity contribution < 1.29 is 23.1 Å². The van der Waals surface area contributed by atoms with Gasteiger partial charge in [-0.25, -0.2) is 17.9 Å². The molecule has 0 saturated carbocycles. The Bertz CT molecular complexity index is 494. The largest absolute Gasteiger partial charge is 0.474 e. The summed E-state index contributed by atoms with van der Waals surface area (Å²) in [5.41, 5.74) is 0.466. The van der Waals surface area contributed by atoms with Gasteiger partial charge in [0.1, 0.15) is 0 Å². The van der Waals surface area contributed by atoms with Gasteiger partial charge in [-0.1, -0.05) is 30.3 Å². The van der Waals surface area contributed by atoms with E-state index in [1.807, 2.05) is 0 Å². The average Bonchev–Trinajstić information content (AvgIpc) is 2.17. The number of sulfonamides is 1. The monoisotopic (exact) mass is 243 g/mol. The summed E-state index contributed by atoms with van der Waals surface area (Å²) in [5, 5.41) is 8.23. The Kier molecular flexibility index (Phi) is 3.62. The van der Waals surface area contributed by atoms with Crippen LogP contribution in [0.15, 0.2) is 30.3 Å². The van der Waals surface area contributed by atoms with Crippen LogP contribution in [0.4, 0.5) is 0 Å². The lowest BCUT2D eigenvalue weighted by atomic mass is 10.2. The maximum Gasteiger partial charge on any atom is 0.395 e. The molecule has 0 atom stereocenters. The normalized spacial score (nSPS) is 10.8. The number of aliphatic carboxylic acids is 1. The van der Waals surface area contributed by atoms with Crippen molar-refractivity contribution in [1.82, 2.24) is 4.72 Å². The molecule has 0 aliphatic carbocycles. The third kappa shape index (κ3) is 3.70. The number of hydrogen-bond donors (Lipinski definition) is 2. The lowest BCUT2D eigenvalue weighted by Gasteiger charge is -2.04. The van der Waals surface area contributed by atoms with Gasteiger partial charge in [0.2, 0.25) is 10.0 Å². The predicted octanol–water partition coefficient (Wildman–Crippen LogP) is -0.283. The molecule has 86 valence electrons. The van der Waals surface area contributed by atoms with Crippen LogP contribution in [0.1, 0.15) is 5.56 Å². The van der Waals surface area contributed by atoms with Crippen LogP contribution in [0.2, 0.25) is 0 Å². The molecule has 0 radical (unpaired) electrons. The van der Waals surface area contributed by atoms with Crippen molar-refractivity contribution in [3.63, 3.8) is 0 Å². The van der Waals surface area contributed by atoms with Crippen LogP contribution >= 0.6 is 0 Å². The van der Waals surface area contributed by atoms with Gasteiger partial charge in [-0.05, 0) is 5.56 Å². The van der Waals surface area contributed by atoms with Gasteiger partial charge in [-0.15, -0.1) is 0 Å². The van der Waals surface area contributed by atoms with Crippen molar-refractivity contribution in [2.24, 2.45) is 0 Å². The molecule has 1 aromatic rings. The molecule has 1 aromatic carbocycles. The van der Waals surface area contributed by atoms with Crippen molar-refractivity contribution >= 4 is 21.9 Å². The first-order valence-electron chi connectivity index (χ1n) is 4.22. The van der Waals surface area contributed by atoms with Crippen molar-refractivity contribution in [3.8, 4) is 0 Å². The van der Waals surface area contributed by atoms with E-state index in [1.165, 1.54) is 4.72 Å². The second-order valence-electron chi connectivity index (χ2n) is 2.98. The molecule has 0 unspecified atom stereocenters. The fourth-order valence-corrected chi connectivity index (χ4v) is 2.09. The van der Waals surface area contributed by atoms with Crippen LogP contribution in [0.25, 0.3) is 0 Å². The fraction of sp³-hybridized carbons (Fsp3) is 0.111. The summed E-state index contributed by atoms with van der Waals surface area (Å²) in [6.07, 6.45) is 0. The van der Waals surface area contributed by atoms with Gasteiger partial charge in [-0.2, -0.15) is 0 Å². The Hall–Kier alpha value is -1.89. The predicted molar refractivity (Wildman–Crippen MR) is 54.8 cm³/mol. The number of carbonyl (C=O) groups is 2. The zero-order valence-corrected chi connectivity index (χ0v) is 8.90. The van der Waals surface area contributed by atoms with E-state index >= 15 is 0 Å². The van der Waals surface area contributed by atoms with Crippen LogP contribution < -0.4 is 4.72 Å². The molecule has 0 saturated heterocycles. The molecule has 1 amide bonds.